The Labute approximate surface area is 116 Å². The summed E-state index contributed by atoms with van der Waals surface area (Å²) in [5, 5.41) is 4.49. The lowest BCUT2D eigenvalue weighted by molar-refractivity contribution is -0.0327. The number of carbonyl (C=O) groups is 1. The van der Waals surface area contributed by atoms with Gasteiger partial charge in [-0.3, -0.25) is 4.79 Å². The Morgan fingerprint density at radius 3 is 2.72 bits per heavy atom. The molecule has 1 amide bonds. The van der Waals surface area contributed by atoms with Gasteiger partial charge in [-0.1, -0.05) is 0 Å². The predicted molar refractivity (Wildman–Crippen MR) is 68.1 cm³/mol. The van der Waals surface area contributed by atoms with Crippen LogP contribution >= 0.6 is 35.5 Å². The van der Waals surface area contributed by atoms with Crippen molar-refractivity contribution in [2.45, 2.75) is 12.1 Å². The molecule has 1 rings (SSSR count). The molecule has 0 fully saturated rings. The Morgan fingerprint density at radius 1 is 1.56 bits per heavy atom. The van der Waals surface area contributed by atoms with E-state index in [1.165, 1.54) is 16.7 Å². The van der Waals surface area contributed by atoms with Gasteiger partial charge in [-0.25, -0.2) is 4.98 Å². The number of thiazole rings is 1. The number of nitrogens with one attached hydrogen (secondary N) is 1. The topological polar surface area (TPSA) is 68.0 Å². The number of nitrogens with two attached hydrogens (primary N) is 1. The molecule has 0 spiro atoms. The largest absolute Gasteiger partial charge is 0.441 e. The van der Waals surface area contributed by atoms with Crippen molar-refractivity contribution in [2.75, 3.05) is 12.3 Å². The van der Waals surface area contributed by atoms with Gasteiger partial charge >= 0.3 is 5.51 Å². The van der Waals surface area contributed by atoms with Crippen LogP contribution in [0.15, 0.2) is 5.38 Å². The van der Waals surface area contributed by atoms with Gasteiger partial charge in [-0.2, -0.15) is 13.2 Å². The minimum Gasteiger partial charge on any atom is -0.350 e. The lowest BCUT2D eigenvalue weighted by Gasteiger charge is -2.05. The number of alkyl halides is 3. The van der Waals surface area contributed by atoms with Gasteiger partial charge in [-0.15, -0.1) is 23.7 Å². The van der Waals surface area contributed by atoms with Crippen molar-refractivity contribution in [3.05, 3.63) is 16.1 Å². The van der Waals surface area contributed by atoms with Crippen LogP contribution in [0.2, 0.25) is 0 Å². The highest BCUT2D eigenvalue weighted by atomic mass is 35.5. The number of rotatable bonds is 5. The van der Waals surface area contributed by atoms with E-state index in [1.54, 1.807) is 0 Å². The standard InChI is InChI=1S/C8H10F3N3OS2.ClH/c9-8(10,11)17-2-1-13-7(15)5-4-16-6(3-12)14-5;/h4H,1-3,12H2,(H,13,15);1H. The normalized spacial score (nSPS) is 10.9. The van der Waals surface area contributed by atoms with Crippen molar-refractivity contribution in [1.82, 2.24) is 10.3 Å². The summed E-state index contributed by atoms with van der Waals surface area (Å²) < 4.78 is 35.3. The SMILES string of the molecule is Cl.NCc1nc(C(=O)NCCSC(F)(F)F)cs1. The number of thioether (sulfide) groups is 1. The molecule has 0 bridgehead atoms. The molecule has 1 aromatic rings. The molecule has 0 atom stereocenters. The molecule has 0 aliphatic heterocycles. The molecule has 18 heavy (non-hydrogen) atoms. The van der Waals surface area contributed by atoms with Gasteiger partial charge < -0.3 is 11.1 Å². The molecule has 4 nitrogen and oxygen atoms in total. The molecule has 0 aliphatic carbocycles. The molecule has 0 radical (unpaired) electrons. The fourth-order valence-corrected chi connectivity index (χ4v) is 2.02. The number of halogens is 4. The van der Waals surface area contributed by atoms with E-state index in [9.17, 15) is 18.0 Å². The zero-order valence-corrected chi connectivity index (χ0v) is 11.4. The number of aromatic nitrogens is 1. The van der Waals surface area contributed by atoms with Crippen LogP contribution in [0.5, 0.6) is 0 Å². The minimum atomic E-state index is -4.27. The average molecular weight is 322 g/mol. The summed E-state index contributed by atoms with van der Waals surface area (Å²) >= 11 is 1.07. The van der Waals surface area contributed by atoms with E-state index in [1.807, 2.05) is 0 Å². The Kier molecular flexibility index (Phi) is 7.60. The Hall–Kier alpha value is -0.510. The molecule has 1 aromatic heterocycles. The maximum absolute atomic E-state index is 11.8. The Bertz CT molecular complexity index is 386. The van der Waals surface area contributed by atoms with E-state index >= 15 is 0 Å². The second-order valence-electron chi connectivity index (χ2n) is 2.88. The molecule has 0 saturated heterocycles. The van der Waals surface area contributed by atoms with E-state index in [0.29, 0.717) is 5.01 Å². The third-order valence-electron chi connectivity index (χ3n) is 1.61. The quantitative estimate of drug-likeness (QED) is 0.814. The highest BCUT2D eigenvalue weighted by Gasteiger charge is 2.27. The molecular formula is C8H11ClF3N3OS2. The van der Waals surface area contributed by atoms with Gasteiger partial charge in [0.2, 0.25) is 0 Å². The molecule has 0 aromatic carbocycles. The third kappa shape index (κ3) is 6.43. The van der Waals surface area contributed by atoms with E-state index in [2.05, 4.69) is 10.3 Å². The van der Waals surface area contributed by atoms with Gasteiger partial charge in [0.15, 0.2) is 0 Å². The van der Waals surface area contributed by atoms with Crippen LogP contribution in [0.1, 0.15) is 15.5 Å². The average Bonchev–Trinajstić information content (AvgIpc) is 2.71. The van der Waals surface area contributed by atoms with Crippen LogP contribution in [0.4, 0.5) is 13.2 Å². The number of hydrogen-bond acceptors (Lipinski definition) is 5. The van der Waals surface area contributed by atoms with Gasteiger partial charge in [-0.05, 0) is 11.8 Å². The highest BCUT2D eigenvalue weighted by molar-refractivity contribution is 8.00. The first-order valence-electron chi connectivity index (χ1n) is 4.55. The first-order chi connectivity index (χ1) is 7.92. The van der Waals surface area contributed by atoms with Crippen molar-refractivity contribution < 1.29 is 18.0 Å². The van der Waals surface area contributed by atoms with Gasteiger partial charge in [0.25, 0.3) is 5.91 Å². The fraction of sp³-hybridized carbons (Fsp3) is 0.500. The summed E-state index contributed by atoms with van der Waals surface area (Å²) in [7, 11) is 0. The van der Waals surface area contributed by atoms with E-state index in [0.717, 1.165) is 0 Å². The smallest absolute Gasteiger partial charge is 0.350 e. The summed E-state index contributed by atoms with van der Waals surface area (Å²) in [6.07, 6.45) is 0. The number of carbonyl (C=O) groups excluding carboxylic acids is 1. The van der Waals surface area contributed by atoms with Gasteiger partial charge in [0, 0.05) is 24.2 Å². The summed E-state index contributed by atoms with van der Waals surface area (Å²) in [6, 6.07) is 0. The minimum absolute atomic E-state index is 0. The van der Waals surface area contributed by atoms with Crippen LogP contribution < -0.4 is 11.1 Å². The molecule has 0 unspecified atom stereocenters. The maximum Gasteiger partial charge on any atom is 0.441 e. The second-order valence-corrected chi connectivity index (χ2v) is 4.98. The third-order valence-corrected chi connectivity index (χ3v) is 3.22. The monoisotopic (exact) mass is 321 g/mol. The van der Waals surface area contributed by atoms with Gasteiger partial charge in [0.05, 0.1) is 0 Å². The first-order valence-corrected chi connectivity index (χ1v) is 6.42. The van der Waals surface area contributed by atoms with Crippen molar-refractivity contribution in [3.63, 3.8) is 0 Å². The number of hydrogen-bond donors (Lipinski definition) is 2. The first kappa shape index (κ1) is 17.5. The molecule has 104 valence electrons. The van der Waals surface area contributed by atoms with Crippen LogP contribution in [0, 0.1) is 0 Å². The summed E-state index contributed by atoms with van der Waals surface area (Å²) in [4.78, 5) is 15.3. The lowest BCUT2D eigenvalue weighted by Crippen LogP contribution is -2.26. The molecule has 10 heteroatoms. The zero-order valence-electron chi connectivity index (χ0n) is 8.99. The lowest BCUT2D eigenvalue weighted by atomic mass is 10.4. The van der Waals surface area contributed by atoms with Gasteiger partial charge in [0.1, 0.15) is 10.7 Å². The molecule has 1 heterocycles. The number of amides is 1. The maximum atomic E-state index is 11.8. The van der Waals surface area contributed by atoms with Crippen molar-refractivity contribution in [2.24, 2.45) is 5.73 Å². The second kappa shape index (κ2) is 7.82. The predicted octanol–water partition coefficient (Wildman–Crippen LogP) is 2.01. The molecule has 3 N–H and O–H groups in total. The molecular weight excluding hydrogens is 311 g/mol. The fourth-order valence-electron chi connectivity index (χ4n) is 0.931. The zero-order chi connectivity index (χ0) is 12.9. The Morgan fingerprint density at radius 2 is 2.22 bits per heavy atom. The van der Waals surface area contributed by atoms with E-state index in [4.69, 9.17) is 5.73 Å². The van der Waals surface area contributed by atoms with Crippen LogP contribution in [0.25, 0.3) is 0 Å². The van der Waals surface area contributed by atoms with Crippen molar-refractivity contribution in [3.8, 4) is 0 Å². The highest BCUT2D eigenvalue weighted by Crippen LogP contribution is 2.29. The van der Waals surface area contributed by atoms with E-state index in [-0.39, 0.29) is 48.7 Å². The van der Waals surface area contributed by atoms with Crippen LogP contribution in [-0.2, 0) is 6.54 Å². The van der Waals surface area contributed by atoms with Crippen LogP contribution in [-0.4, -0.2) is 28.7 Å². The molecule has 0 saturated carbocycles. The van der Waals surface area contributed by atoms with E-state index < -0.39 is 11.4 Å². The number of nitrogens with zero attached hydrogens (tertiary/aromatic N) is 1. The van der Waals surface area contributed by atoms with Crippen molar-refractivity contribution >= 4 is 41.4 Å². The summed E-state index contributed by atoms with van der Waals surface area (Å²) in [5.74, 6) is -0.702. The molecule has 0 aliphatic rings. The Balaban J connectivity index is 0.00000289. The summed E-state index contributed by atoms with van der Waals surface area (Å²) in [5.41, 5.74) is 1.24. The van der Waals surface area contributed by atoms with Crippen molar-refractivity contribution in [1.29, 1.82) is 0 Å². The van der Waals surface area contributed by atoms with Crippen LogP contribution in [0.3, 0.4) is 0 Å². The summed E-state index contributed by atoms with van der Waals surface area (Å²) in [6.45, 7) is 0.181.